The van der Waals surface area contributed by atoms with Crippen molar-refractivity contribution in [3.63, 3.8) is 0 Å². The second kappa shape index (κ2) is 7.39. The number of carbonyl (C=O) groups is 1. The van der Waals surface area contributed by atoms with E-state index < -0.39 is 26.7 Å². The average molecular weight is 340 g/mol. The largest absolute Gasteiger partial charge is 0.481 e. The third kappa shape index (κ3) is 6.16. The highest BCUT2D eigenvalue weighted by molar-refractivity contribution is 6.62. The molecule has 0 fully saturated rings. The predicted octanol–water partition coefficient (Wildman–Crippen LogP) is 4.00. The molecule has 0 aliphatic rings. The lowest BCUT2D eigenvalue weighted by atomic mass is 9.98. The smallest absolute Gasteiger partial charge is 0.308 e. The van der Waals surface area contributed by atoms with Crippen LogP contribution < -0.4 is 0 Å². The molecular formula is C11H18Cl4O3. The van der Waals surface area contributed by atoms with E-state index in [9.17, 15) is 9.90 Å². The molecule has 0 amide bonds. The molecule has 7 heteroatoms. The molecule has 108 valence electrons. The van der Waals surface area contributed by atoms with Crippen LogP contribution in [0.15, 0.2) is 0 Å². The van der Waals surface area contributed by atoms with E-state index in [0.717, 1.165) is 0 Å². The number of unbranched alkanes of at least 4 members (excludes halogenated alkanes) is 1. The first-order chi connectivity index (χ1) is 7.99. The Balaban J connectivity index is 3.98. The summed E-state index contributed by atoms with van der Waals surface area (Å²) in [5, 5.41) is 18.3. The minimum Gasteiger partial charge on any atom is -0.481 e. The van der Waals surface area contributed by atoms with Crippen LogP contribution >= 0.6 is 46.4 Å². The van der Waals surface area contributed by atoms with Crippen LogP contribution in [0.1, 0.15) is 39.5 Å². The number of carboxylic acids is 1. The maximum atomic E-state index is 10.6. The zero-order valence-corrected chi connectivity index (χ0v) is 13.3. The summed E-state index contributed by atoms with van der Waals surface area (Å²) in [6, 6.07) is 0. The lowest BCUT2D eigenvalue weighted by Gasteiger charge is -2.29. The van der Waals surface area contributed by atoms with Crippen LogP contribution in [0.4, 0.5) is 0 Å². The SMILES string of the molecule is C[C@@H](C(=O)O)[C@H](O)CCCCC(Cl)(Cl)C(C)(Cl)Cl. The highest BCUT2D eigenvalue weighted by atomic mass is 35.5. The summed E-state index contributed by atoms with van der Waals surface area (Å²) < 4.78 is -2.53. The number of hydrogen-bond acceptors (Lipinski definition) is 2. The molecule has 0 unspecified atom stereocenters. The molecule has 0 aliphatic heterocycles. The second-order valence-corrected chi connectivity index (χ2v) is 7.72. The van der Waals surface area contributed by atoms with Gasteiger partial charge in [-0.05, 0) is 26.7 Å². The molecule has 0 spiro atoms. The minimum absolute atomic E-state index is 0.369. The molecule has 0 heterocycles. The van der Waals surface area contributed by atoms with Gasteiger partial charge in [-0.25, -0.2) is 0 Å². The molecule has 0 radical (unpaired) electrons. The first-order valence-corrected chi connectivity index (χ1v) is 7.16. The number of aliphatic hydroxyl groups excluding tert-OH is 1. The number of aliphatic carboxylic acids is 1. The summed E-state index contributed by atoms with van der Waals surface area (Å²) in [6.07, 6.45) is 1.07. The number of hydrogen-bond donors (Lipinski definition) is 2. The summed E-state index contributed by atoms with van der Waals surface area (Å²) >= 11 is 23.6. The van der Waals surface area contributed by atoms with Crippen LogP contribution in [0.2, 0.25) is 0 Å². The first kappa shape index (κ1) is 18.6. The van der Waals surface area contributed by atoms with Crippen molar-refractivity contribution >= 4 is 52.4 Å². The summed E-state index contributed by atoms with van der Waals surface area (Å²) in [6.45, 7) is 2.98. The maximum absolute atomic E-state index is 10.6. The normalized spacial score (nSPS) is 16.4. The standard InChI is InChI=1S/C11H18Cl4O3/c1-7(9(17)18)8(16)5-3-4-6-11(14,15)10(2,12)13/h7-8,16H,3-6H2,1-2H3,(H,17,18)/t7-,8-/m1/s1. The predicted molar refractivity (Wildman–Crippen MR) is 75.8 cm³/mol. The van der Waals surface area contributed by atoms with Gasteiger partial charge < -0.3 is 10.2 Å². The van der Waals surface area contributed by atoms with Gasteiger partial charge in [0.15, 0.2) is 4.33 Å². The summed E-state index contributed by atoms with van der Waals surface area (Å²) in [5.74, 6) is -1.80. The fourth-order valence-electron chi connectivity index (χ4n) is 1.33. The van der Waals surface area contributed by atoms with E-state index in [2.05, 4.69) is 0 Å². The molecular weight excluding hydrogens is 322 g/mol. The van der Waals surface area contributed by atoms with E-state index in [1.165, 1.54) is 13.8 Å². The van der Waals surface area contributed by atoms with Crippen LogP contribution in [0.3, 0.4) is 0 Å². The number of aliphatic hydroxyl groups is 1. The summed E-state index contributed by atoms with van der Waals surface area (Å²) in [4.78, 5) is 10.6. The van der Waals surface area contributed by atoms with Gasteiger partial charge in [0.05, 0.1) is 12.0 Å². The molecule has 0 saturated heterocycles. The lowest BCUT2D eigenvalue weighted by molar-refractivity contribution is -0.144. The summed E-state index contributed by atoms with van der Waals surface area (Å²) in [5.41, 5.74) is 0. The quantitative estimate of drug-likeness (QED) is 0.519. The second-order valence-electron chi connectivity index (χ2n) is 4.53. The molecule has 2 N–H and O–H groups in total. The molecule has 2 atom stereocenters. The van der Waals surface area contributed by atoms with Crippen molar-refractivity contribution in [2.45, 2.75) is 54.3 Å². The van der Waals surface area contributed by atoms with Crippen LogP contribution in [0.25, 0.3) is 0 Å². The van der Waals surface area contributed by atoms with Gasteiger partial charge in [0, 0.05) is 0 Å². The monoisotopic (exact) mass is 338 g/mol. The molecule has 0 saturated carbocycles. The van der Waals surface area contributed by atoms with Crippen LogP contribution in [0, 0.1) is 5.92 Å². The van der Waals surface area contributed by atoms with E-state index >= 15 is 0 Å². The third-order valence-corrected chi connectivity index (χ3v) is 5.02. The van der Waals surface area contributed by atoms with Crippen molar-refractivity contribution in [1.82, 2.24) is 0 Å². The van der Waals surface area contributed by atoms with Gasteiger partial charge in [0.2, 0.25) is 0 Å². The van der Waals surface area contributed by atoms with E-state index in [0.29, 0.717) is 25.7 Å². The van der Waals surface area contributed by atoms with Crippen LogP contribution in [-0.2, 0) is 4.79 Å². The molecule has 0 rings (SSSR count). The van der Waals surface area contributed by atoms with Crippen molar-refractivity contribution in [2.24, 2.45) is 5.92 Å². The molecule has 18 heavy (non-hydrogen) atoms. The van der Waals surface area contributed by atoms with Gasteiger partial charge >= 0.3 is 5.97 Å². The fourth-order valence-corrected chi connectivity index (χ4v) is 1.79. The number of rotatable bonds is 8. The zero-order chi connectivity index (χ0) is 14.6. The molecule has 0 aliphatic carbocycles. The molecule has 0 aromatic carbocycles. The van der Waals surface area contributed by atoms with E-state index in [1.54, 1.807) is 0 Å². The van der Waals surface area contributed by atoms with Gasteiger partial charge in [0.25, 0.3) is 0 Å². The molecule has 0 aromatic heterocycles. The van der Waals surface area contributed by atoms with Gasteiger partial charge in [-0.2, -0.15) is 0 Å². The Labute approximate surface area is 127 Å². The summed E-state index contributed by atoms with van der Waals surface area (Å²) in [7, 11) is 0. The Morgan fingerprint density at radius 1 is 1.22 bits per heavy atom. The fraction of sp³-hybridized carbons (Fsp3) is 0.909. The maximum Gasteiger partial charge on any atom is 0.308 e. The van der Waals surface area contributed by atoms with Gasteiger partial charge in [-0.1, -0.05) is 59.2 Å². The molecule has 3 nitrogen and oxygen atoms in total. The Kier molecular flexibility index (Phi) is 7.64. The van der Waals surface area contributed by atoms with Crippen molar-refractivity contribution < 1.29 is 15.0 Å². The lowest BCUT2D eigenvalue weighted by Crippen LogP contribution is -2.33. The van der Waals surface area contributed by atoms with Crippen molar-refractivity contribution in [3.8, 4) is 0 Å². The number of carboxylic acid groups (broad SMARTS) is 1. The Hall–Kier alpha value is 0.590. The van der Waals surface area contributed by atoms with Gasteiger partial charge in [-0.3, -0.25) is 4.79 Å². The van der Waals surface area contributed by atoms with Gasteiger partial charge in [0.1, 0.15) is 4.33 Å². The minimum atomic E-state index is -1.26. The zero-order valence-electron chi connectivity index (χ0n) is 10.3. The van der Waals surface area contributed by atoms with Crippen molar-refractivity contribution in [3.05, 3.63) is 0 Å². The average Bonchev–Trinajstić information content (AvgIpc) is 2.21. The Morgan fingerprint density at radius 2 is 1.72 bits per heavy atom. The number of halogens is 4. The van der Waals surface area contributed by atoms with Crippen LogP contribution in [0.5, 0.6) is 0 Å². The van der Waals surface area contributed by atoms with Crippen LogP contribution in [-0.4, -0.2) is 31.0 Å². The highest BCUT2D eigenvalue weighted by Crippen LogP contribution is 2.45. The van der Waals surface area contributed by atoms with E-state index in [-0.39, 0.29) is 0 Å². The Bertz CT molecular complexity index is 276. The van der Waals surface area contributed by atoms with Gasteiger partial charge in [-0.15, -0.1) is 0 Å². The third-order valence-electron chi connectivity index (χ3n) is 2.85. The first-order valence-electron chi connectivity index (χ1n) is 5.65. The van der Waals surface area contributed by atoms with Crippen molar-refractivity contribution in [1.29, 1.82) is 0 Å². The number of alkyl halides is 4. The van der Waals surface area contributed by atoms with E-state index in [4.69, 9.17) is 51.5 Å². The molecule has 0 aromatic rings. The topological polar surface area (TPSA) is 57.5 Å². The highest BCUT2D eigenvalue weighted by Gasteiger charge is 2.42. The van der Waals surface area contributed by atoms with Crippen molar-refractivity contribution in [2.75, 3.05) is 0 Å². The molecule has 0 bridgehead atoms. The Morgan fingerprint density at radius 3 is 2.11 bits per heavy atom. The van der Waals surface area contributed by atoms with E-state index in [1.807, 2.05) is 0 Å².